The number of aromatic nitrogens is 5. The molecule has 0 spiro atoms. The fourth-order valence-electron chi connectivity index (χ4n) is 13.9. The summed E-state index contributed by atoms with van der Waals surface area (Å²) >= 11 is 0. The van der Waals surface area contributed by atoms with Crippen LogP contribution >= 0.6 is 0 Å². The van der Waals surface area contributed by atoms with Crippen LogP contribution in [0.2, 0.25) is 0 Å². The van der Waals surface area contributed by atoms with Gasteiger partial charge < -0.3 is 0 Å². The van der Waals surface area contributed by atoms with Gasteiger partial charge in [0.2, 0.25) is 5.95 Å². The average molecular weight is 1050 g/mol. The monoisotopic (exact) mass is 1050 g/mol. The molecule has 5 heteroatoms. The molecule has 388 valence electrons. The van der Waals surface area contributed by atoms with Crippen LogP contribution in [0.25, 0.3) is 133 Å². The fourth-order valence-corrected chi connectivity index (χ4v) is 13.9. The Labute approximate surface area is 476 Å². The van der Waals surface area contributed by atoms with E-state index in [9.17, 15) is 0 Å². The standard InChI is InChI=1S/C42H30N2.C35H25N3/c1-42(2)35-19-11-10-18-34(35)41-40(42)39-33-17-9-8-13-28(33)22-23-37(39)44(41)38-26-32(25-36(43-38)29-14-4-3-5-15-29)31-21-20-27-12-6-7-16-30(27)24-31;1-35(2)28-18-10-8-16-25(28)33-30(35)27-21-20-22-12-6-7-15-24(22)32(27)38(33)34-36-29-19-11-9-17-26(29)31(37-34)23-13-4-3-5-14-23/h3-26H,1-2H3;3-21H,1-2H3. The van der Waals surface area contributed by atoms with Gasteiger partial charge in [-0.1, -0.05) is 258 Å². The number of pyridine rings is 1. The van der Waals surface area contributed by atoms with Crippen molar-refractivity contribution in [2.24, 2.45) is 0 Å². The van der Waals surface area contributed by atoms with Crippen molar-refractivity contribution >= 4 is 65.0 Å². The Morgan fingerprint density at radius 2 is 0.890 bits per heavy atom. The van der Waals surface area contributed by atoms with E-state index in [1.165, 1.54) is 104 Å². The van der Waals surface area contributed by atoms with Gasteiger partial charge in [0.1, 0.15) is 5.82 Å². The minimum Gasteiger partial charge on any atom is -0.293 e. The molecule has 82 heavy (non-hydrogen) atoms. The van der Waals surface area contributed by atoms with Crippen LogP contribution in [0.15, 0.2) is 261 Å². The maximum atomic E-state index is 5.43. The molecule has 0 saturated heterocycles. The van der Waals surface area contributed by atoms with E-state index in [0.29, 0.717) is 5.95 Å². The zero-order valence-electron chi connectivity index (χ0n) is 46.1. The summed E-state index contributed by atoms with van der Waals surface area (Å²) < 4.78 is 4.77. The second-order valence-corrected chi connectivity index (χ2v) is 23.1. The molecule has 0 N–H and O–H groups in total. The predicted octanol–water partition coefficient (Wildman–Crippen LogP) is 19.7. The van der Waals surface area contributed by atoms with E-state index < -0.39 is 0 Å². The summed E-state index contributed by atoms with van der Waals surface area (Å²) in [6.07, 6.45) is 0. The van der Waals surface area contributed by atoms with Crippen LogP contribution in [-0.2, 0) is 10.8 Å². The van der Waals surface area contributed by atoms with Gasteiger partial charge in [0.15, 0.2) is 0 Å². The molecule has 0 fully saturated rings. The third-order valence-corrected chi connectivity index (χ3v) is 17.7. The lowest BCUT2D eigenvalue weighted by Crippen LogP contribution is -2.14. The zero-order chi connectivity index (χ0) is 54.8. The smallest absolute Gasteiger partial charge is 0.235 e. The molecule has 4 aromatic heterocycles. The summed E-state index contributed by atoms with van der Waals surface area (Å²) in [6.45, 7) is 9.43. The first-order valence-corrected chi connectivity index (χ1v) is 28.4. The van der Waals surface area contributed by atoms with Gasteiger partial charge in [-0.05, 0) is 90.6 Å². The highest BCUT2D eigenvalue weighted by atomic mass is 15.2. The molecule has 5 nitrogen and oxygen atoms in total. The predicted molar refractivity (Wildman–Crippen MR) is 341 cm³/mol. The van der Waals surface area contributed by atoms with Crippen LogP contribution in [-0.4, -0.2) is 24.1 Å². The number of hydrogen-bond acceptors (Lipinski definition) is 3. The minimum absolute atomic E-state index is 0.142. The molecule has 11 aromatic carbocycles. The minimum atomic E-state index is -0.155. The first-order valence-electron chi connectivity index (χ1n) is 28.4. The Balaban J connectivity index is 0.000000136. The van der Waals surface area contributed by atoms with Gasteiger partial charge in [-0.15, -0.1) is 0 Å². The highest BCUT2D eigenvalue weighted by Crippen LogP contribution is 2.56. The van der Waals surface area contributed by atoms with Crippen LogP contribution in [0.5, 0.6) is 0 Å². The molecule has 4 heterocycles. The molecule has 0 radical (unpaired) electrons. The number of fused-ring (bicyclic) bond motifs is 16. The molecule has 0 saturated carbocycles. The van der Waals surface area contributed by atoms with E-state index in [4.69, 9.17) is 15.0 Å². The molecule has 17 rings (SSSR count). The van der Waals surface area contributed by atoms with E-state index in [1.807, 2.05) is 6.07 Å². The van der Waals surface area contributed by atoms with E-state index >= 15 is 0 Å². The molecule has 0 unspecified atom stereocenters. The zero-order valence-corrected chi connectivity index (χ0v) is 46.1. The van der Waals surface area contributed by atoms with Gasteiger partial charge >= 0.3 is 0 Å². The van der Waals surface area contributed by atoms with Crippen LogP contribution in [0.4, 0.5) is 0 Å². The van der Waals surface area contributed by atoms with E-state index in [0.717, 1.165) is 44.8 Å². The Morgan fingerprint density at radius 3 is 1.62 bits per heavy atom. The molecule has 15 aromatic rings. The van der Waals surface area contributed by atoms with E-state index in [1.54, 1.807) is 0 Å². The first kappa shape index (κ1) is 47.7. The Morgan fingerprint density at radius 1 is 0.341 bits per heavy atom. The SMILES string of the molecule is CC1(C)c2ccccc2-c2c1c1c3ccccc3ccc1n2-c1cc(-c2ccc3ccccc3c2)cc(-c2ccccc2)n1.CC1(C)c2ccccc2-c2c1c1ccc3ccccc3c1n2-c1nc(-c2ccccc2)c2ccccc2n1. The third kappa shape index (κ3) is 7.15. The summed E-state index contributed by atoms with van der Waals surface area (Å²) in [7, 11) is 0. The maximum absolute atomic E-state index is 5.43. The summed E-state index contributed by atoms with van der Waals surface area (Å²) in [5, 5.41) is 11.1. The quantitative estimate of drug-likeness (QED) is 0.173. The van der Waals surface area contributed by atoms with Crippen LogP contribution in [0.1, 0.15) is 49.9 Å². The second-order valence-electron chi connectivity index (χ2n) is 23.1. The number of rotatable bonds is 5. The molecule has 0 bridgehead atoms. The summed E-state index contributed by atoms with van der Waals surface area (Å²) in [5.74, 6) is 1.64. The fraction of sp³-hybridized carbons (Fsp3) is 0.0779. The van der Waals surface area contributed by atoms with Crippen molar-refractivity contribution in [3.8, 4) is 67.9 Å². The highest BCUT2D eigenvalue weighted by Gasteiger charge is 2.43. The Bertz CT molecular complexity index is 5100. The number of benzene rings is 11. The van der Waals surface area contributed by atoms with Crippen LogP contribution < -0.4 is 0 Å². The van der Waals surface area contributed by atoms with Gasteiger partial charge in [0.25, 0.3) is 0 Å². The Hall–Kier alpha value is -10.2. The summed E-state index contributed by atoms with van der Waals surface area (Å²) in [6, 6.07) is 93.4. The van der Waals surface area contributed by atoms with Crippen molar-refractivity contribution in [2.45, 2.75) is 38.5 Å². The number of para-hydroxylation sites is 1. The number of hydrogen-bond donors (Lipinski definition) is 0. The summed E-state index contributed by atoms with van der Waals surface area (Å²) in [4.78, 5) is 16.0. The summed E-state index contributed by atoms with van der Waals surface area (Å²) in [5.41, 5.74) is 19.9. The van der Waals surface area contributed by atoms with Gasteiger partial charge in [0.05, 0.1) is 39.3 Å². The molecule has 0 amide bonds. The van der Waals surface area contributed by atoms with Crippen molar-refractivity contribution in [1.82, 2.24) is 24.1 Å². The topological polar surface area (TPSA) is 48.5 Å². The van der Waals surface area contributed by atoms with Gasteiger partial charge in [-0.3, -0.25) is 9.13 Å². The van der Waals surface area contributed by atoms with Crippen molar-refractivity contribution in [2.75, 3.05) is 0 Å². The van der Waals surface area contributed by atoms with E-state index in [2.05, 4.69) is 292 Å². The third-order valence-electron chi connectivity index (χ3n) is 17.7. The lowest BCUT2D eigenvalue weighted by molar-refractivity contribution is 0.666. The number of nitrogens with zero attached hydrogens (tertiary/aromatic N) is 5. The van der Waals surface area contributed by atoms with Crippen molar-refractivity contribution < 1.29 is 0 Å². The lowest BCUT2D eigenvalue weighted by Gasteiger charge is -2.21. The van der Waals surface area contributed by atoms with Gasteiger partial charge in [-0.2, -0.15) is 0 Å². The Kier molecular flexibility index (Phi) is 10.6. The lowest BCUT2D eigenvalue weighted by atomic mass is 9.81. The molecular formula is C77H55N5. The van der Waals surface area contributed by atoms with Gasteiger partial charge in [-0.25, -0.2) is 15.0 Å². The highest BCUT2D eigenvalue weighted by molar-refractivity contribution is 6.15. The molecular weight excluding hydrogens is 995 g/mol. The first-order chi connectivity index (χ1) is 40.2. The largest absolute Gasteiger partial charge is 0.293 e. The van der Waals surface area contributed by atoms with Crippen LogP contribution in [0.3, 0.4) is 0 Å². The van der Waals surface area contributed by atoms with Crippen molar-refractivity contribution in [1.29, 1.82) is 0 Å². The maximum Gasteiger partial charge on any atom is 0.235 e. The van der Waals surface area contributed by atoms with E-state index in [-0.39, 0.29) is 10.8 Å². The second kappa shape index (κ2) is 18.2. The van der Waals surface area contributed by atoms with Gasteiger partial charge in [0, 0.05) is 54.6 Å². The molecule has 0 atom stereocenters. The molecule has 0 aliphatic heterocycles. The van der Waals surface area contributed by atoms with Crippen LogP contribution in [0, 0.1) is 0 Å². The molecule has 2 aliphatic rings. The average Bonchev–Trinajstić information content (AvgIpc) is 1.89. The normalized spacial score (nSPS) is 13.6. The van der Waals surface area contributed by atoms with Crippen molar-refractivity contribution in [3.05, 3.63) is 283 Å². The van der Waals surface area contributed by atoms with Crippen molar-refractivity contribution in [3.63, 3.8) is 0 Å². The molecule has 2 aliphatic carbocycles.